The summed E-state index contributed by atoms with van der Waals surface area (Å²) in [6.07, 6.45) is 6.09. The molecular weight excluding hydrogens is 326 g/mol. The molecule has 0 unspecified atom stereocenters. The fourth-order valence-corrected chi connectivity index (χ4v) is 3.20. The molecule has 0 N–H and O–H groups in total. The average Bonchev–Trinajstić information content (AvgIpc) is 3.25. The van der Waals surface area contributed by atoms with E-state index in [0.29, 0.717) is 29.9 Å². The van der Waals surface area contributed by atoms with E-state index in [-0.39, 0.29) is 22.7 Å². The smallest absolute Gasteiger partial charge is 0.208 e. The van der Waals surface area contributed by atoms with E-state index in [4.69, 9.17) is 13.9 Å². The van der Waals surface area contributed by atoms with Crippen molar-refractivity contribution in [2.75, 3.05) is 13.2 Å². The van der Waals surface area contributed by atoms with Gasteiger partial charge in [-0.3, -0.25) is 0 Å². The van der Waals surface area contributed by atoms with Gasteiger partial charge in [0, 0.05) is 10.8 Å². The van der Waals surface area contributed by atoms with Crippen LogP contribution in [0.25, 0.3) is 21.9 Å². The van der Waals surface area contributed by atoms with Gasteiger partial charge >= 0.3 is 0 Å². The van der Waals surface area contributed by atoms with Crippen molar-refractivity contribution in [3.8, 4) is 11.5 Å². The quantitative estimate of drug-likeness (QED) is 0.564. The Bertz CT molecular complexity index is 951. The third-order valence-corrected chi connectivity index (χ3v) is 4.50. The zero-order valence-electron chi connectivity index (χ0n) is 13.9. The molecule has 0 saturated heterocycles. The van der Waals surface area contributed by atoms with Crippen LogP contribution < -0.4 is 9.47 Å². The van der Waals surface area contributed by atoms with Gasteiger partial charge in [0.1, 0.15) is 0 Å². The molecule has 5 heteroatoms. The Hall–Kier alpha value is -2.56. The molecule has 0 fully saturated rings. The van der Waals surface area contributed by atoms with Crippen LogP contribution in [-0.2, 0) is 0 Å². The second-order valence-electron chi connectivity index (χ2n) is 6.16. The van der Waals surface area contributed by atoms with E-state index in [0.717, 1.165) is 12.8 Å². The molecule has 0 amide bonds. The first kappa shape index (κ1) is 15.9. The minimum atomic E-state index is -0.616. The molecule has 1 aliphatic rings. The maximum absolute atomic E-state index is 14.8. The fourth-order valence-electron chi connectivity index (χ4n) is 3.20. The summed E-state index contributed by atoms with van der Waals surface area (Å²) in [5, 5.41) is 1.03. The van der Waals surface area contributed by atoms with E-state index < -0.39 is 11.6 Å². The fraction of sp³-hybridized carbons (Fsp3) is 0.300. The number of allylic oxidation sites excluding steroid dienone is 2. The van der Waals surface area contributed by atoms with Crippen molar-refractivity contribution in [3.63, 3.8) is 0 Å². The maximum atomic E-state index is 14.8. The molecule has 0 radical (unpaired) electrons. The van der Waals surface area contributed by atoms with Crippen LogP contribution >= 0.6 is 0 Å². The topological polar surface area (TPSA) is 31.6 Å². The third kappa shape index (κ3) is 2.73. The molecule has 4 rings (SSSR count). The van der Waals surface area contributed by atoms with Crippen LogP contribution in [0.5, 0.6) is 11.5 Å². The second-order valence-corrected chi connectivity index (χ2v) is 6.16. The van der Waals surface area contributed by atoms with Crippen LogP contribution in [0.2, 0.25) is 0 Å². The van der Waals surface area contributed by atoms with E-state index in [2.05, 4.69) is 12.2 Å². The molecule has 1 aliphatic carbocycles. The lowest BCUT2D eigenvalue weighted by atomic mass is 10.1. The molecule has 3 aromatic rings. The van der Waals surface area contributed by atoms with Crippen LogP contribution in [0.1, 0.15) is 19.8 Å². The van der Waals surface area contributed by atoms with Crippen LogP contribution in [0.3, 0.4) is 0 Å². The Morgan fingerprint density at radius 3 is 2.04 bits per heavy atom. The third-order valence-electron chi connectivity index (χ3n) is 4.50. The number of hydrogen-bond donors (Lipinski definition) is 0. The molecule has 25 heavy (non-hydrogen) atoms. The maximum Gasteiger partial charge on any atom is 0.208 e. The van der Waals surface area contributed by atoms with Gasteiger partial charge in [0.2, 0.25) is 11.6 Å². The summed E-state index contributed by atoms with van der Waals surface area (Å²) in [6.45, 7) is 2.55. The first-order chi connectivity index (χ1) is 12.2. The predicted molar refractivity (Wildman–Crippen MR) is 92.2 cm³/mol. The molecule has 0 saturated carbocycles. The minimum absolute atomic E-state index is 0.00278. The normalized spacial score (nSPS) is 14.7. The highest BCUT2D eigenvalue weighted by molar-refractivity contribution is 6.06. The predicted octanol–water partition coefficient (Wildman–Crippen LogP) is 5.61. The van der Waals surface area contributed by atoms with Crippen molar-refractivity contribution in [2.24, 2.45) is 5.92 Å². The SMILES string of the molecule is CCOc1ccc2c(oc3c(F)c(OCC4CC=CC4)ccc32)c1F. The zero-order valence-corrected chi connectivity index (χ0v) is 13.9. The van der Waals surface area contributed by atoms with Gasteiger partial charge in [-0.1, -0.05) is 12.2 Å². The van der Waals surface area contributed by atoms with Gasteiger partial charge < -0.3 is 13.9 Å². The average molecular weight is 344 g/mol. The summed E-state index contributed by atoms with van der Waals surface area (Å²) in [7, 11) is 0. The summed E-state index contributed by atoms with van der Waals surface area (Å²) < 4.78 is 45.6. The second kappa shape index (κ2) is 6.39. The first-order valence-electron chi connectivity index (χ1n) is 8.42. The number of halogens is 2. The van der Waals surface area contributed by atoms with Gasteiger partial charge in [-0.15, -0.1) is 0 Å². The summed E-state index contributed by atoms with van der Waals surface area (Å²) >= 11 is 0. The van der Waals surface area contributed by atoms with Crippen molar-refractivity contribution in [2.45, 2.75) is 19.8 Å². The van der Waals surface area contributed by atoms with Crippen molar-refractivity contribution in [1.82, 2.24) is 0 Å². The summed E-state index contributed by atoms with van der Waals surface area (Å²) in [6, 6.07) is 6.49. The lowest BCUT2D eigenvalue weighted by molar-refractivity contribution is 0.246. The van der Waals surface area contributed by atoms with Gasteiger partial charge in [0.05, 0.1) is 13.2 Å². The van der Waals surface area contributed by atoms with Crippen LogP contribution in [0, 0.1) is 17.6 Å². The van der Waals surface area contributed by atoms with E-state index in [1.165, 1.54) is 6.07 Å². The van der Waals surface area contributed by atoms with E-state index >= 15 is 0 Å². The van der Waals surface area contributed by atoms with Gasteiger partial charge in [0.25, 0.3) is 0 Å². The molecule has 0 spiro atoms. The van der Waals surface area contributed by atoms with Crippen LogP contribution in [0.4, 0.5) is 8.78 Å². The lowest BCUT2D eigenvalue weighted by Crippen LogP contribution is -2.09. The number of fused-ring (bicyclic) bond motifs is 3. The van der Waals surface area contributed by atoms with E-state index in [9.17, 15) is 8.78 Å². The molecule has 130 valence electrons. The van der Waals surface area contributed by atoms with Gasteiger partial charge in [-0.05, 0) is 49.9 Å². The number of rotatable bonds is 5. The molecule has 2 aromatic carbocycles. The van der Waals surface area contributed by atoms with E-state index in [1.807, 2.05) is 0 Å². The Morgan fingerprint density at radius 2 is 1.48 bits per heavy atom. The van der Waals surface area contributed by atoms with Gasteiger partial charge in [-0.2, -0.15) is 8.78 Å². The molecule has 3 nitrogen and oxygen atoms in total. The van der Waals surface area contributed by atoms with E-state index in [1.54, 1.807) is 25.1 Å². The Balaban J connectivity index is 1.72. The zero-order chi connectivity index (χ0) is 17.4. The Morgan fingerprint density at radius 1 is 0.920 bits per heavy atom. The number of ether oxygens (including phenoxy) is 2. The summed E-state index contributed by atoms with van der Waals surface area (Å²) in [4.78, 5) is 0. The van der Waals surface area contributed by atoms with Crippen molar-refractivity contribution in [3.05, 3.63) is 48.1 Å². The number of furan rings is 1. The minimum Gasteiger partial charge on any atom is -0.491 e. The molecular formula is C20H18F2O3. The Labute approximate surface area is 143 Å². The summed E-state index contributed by atoms with van der Waals surface area (Å²) in [5.74, 6) is -0.619. The molecule has 0 bridgehead atoms. The largest absolute Gasteiger partial charge is 0.491 e. The highest BCUT2D eigenvalue weighted by atomic mass is 19.1. The highest BCUT2D eigenvalue weighted by Crippen LogP contribution is 2.38. The van der Waals surface area contributed by atoms with Crippen LogP contribution in [0.15, 0.2) is 40.8 Å². The van der Waals surface area contributed by atoms with Gasteiger partial charge in [-0.25, -0.2) is 0 Å². The number of hydrogen-bond acceptors (Lipinski definition) is 3. The van der Waals surface area contributed by atoms with Crippen molar-refractivity contribution < 1.29 is 22.7 Å². The summed E-state index contributed by atoms with van der Waals surface area (Å²) in [5.41, 5.74) is 0.00147. The highest BCUT2D eigenvalue weighted by Gasteiger charge is 2.20. The Kier molecular flexibility index (Phi) is 4.07. The molecule has 1 aromatic heterocycles. The van der Waals surface area contributed by atoms with Crippen molar-refractivity contribution >= 4 is 21.9 Å². The molecule has 0 aliphatic heterocycles. The molecule has 1 heterocycles. The lowest BCUT2D eigenvalue weighted by Gasteiger charge is -2.11. The standard InChI is InChI=1S/C20H18F2O3/c1-2-23-15-9-7-13-14-8-10-16(24-11-12-5-3-4-6-12)18(22)20(14)25-19(13)17(15)21/h3-4,7-10,12H,2,5-6,11H2,1H3. The van der Waals surface area contributed by atoms with Crippen molar-refractivity contribution in [1.29, 1.82) is 0 Å². The van der Waals surface area contributed by atoms with Gasteiger partial charge in [0.15, 0.2) is 22.7 Å². The number of benzene rings is 2. The monoisotopic (exact) mass is 344 g/mol. The first-order valence-corrected chi connectivity index (χ1v) is 8.42. The molecule has 0 atom stereocenters. The van der Waals surface area contributed by atoms with Crippen LogP contribution in [-0.4, -0.2) is 13.2 Å².